The van der Waals surface area contributed by atoms with Gasteiger partial charge in [-0.1, -0.05) is 34.1 Å². The molecule has 0 aliphatic carbocycles. The van der Waals surface area contributed by atoms with E-state index < -0.39 is 0 Å². The minimum atomic E-state index is -0.260. The van der Waals surface area contributed by atoms with Gasteiger partial charge >= 0.3 is 0 Å². The summed E-state index contributed by atoms with van der Waals surface area (Å²) in [6.45, 7) is 0.624. The molecule has 4 heteroatoms. The van der Waals surface area contributed by atoms with Gasteiger partial charge in [0, 0.05) is 16.1 Å². The highest BCUT2D eigenvalue weighted by Crippen LogP contribution is 2.36. The lowest BCUT2D eigenvalue weighted by Crippen LogP contribution is -2.23. The van der Waals surface area contributed by atoms with Crippen LogP contribution in [0.2, 0.25) is 0 Å². The molecular formula is C14H11BrFNO. The summed E-state index contributed by atoms with van der Waals surface area (Å²) < 4.78 is 20.0. The molecule has 1 aliphatic rings. The lowest BCUT2D eigenvalue weighted by molar-refractivity contribution is 0.209. The van der Waals surface area contributed by atoms with E-state index in [0.29, 0.717) is 18.0 Å². The second-order valence-electron chi connectivity index (χ2n) is 4.15. The molecule has 0 aromatic heterocycles. The number of ether oxygens (including phenoxy) is 1. The first-order valence-corrected chi connectivity index (χ1v) is 6.48. The highest BCUT2D eigenvalue weighted by atomic mass is 79.9. The maximum atomic E-state index is 13.1. The first-order valence-electron chi connectivity index (χ1n) is 5.68. The standard InChI is InChI=1S/C14H11BrFNO/c15-11-4-2-1-3-10(11)14-8-17-12-7-9(16)5-6-13(12)18-14/h1-7,14,17H,8H2. The van der Waals surface area contributed by atoms with E-state index in [1.54, 1.807) is 6.07 Å². The molecule has 1 heterocycles. The first kappa shape index (κ1) is 11.5. The topological polar surface area (TPSA) is 21.3 Å². The smallest absolute Gasteiger partial charge is 0.143 e. The van der Waals surface area contributed by atoms with E-state index in [4.69, 9.17) is 4.74 Å². The molecule has 92 valence electrons. The number of nitrogens with one attached hydrogen (secondary N) is 1. The molecule has 1 atom stereocenters. The summed E-state index contributed by atoms with van der Waals surface area (Å²) in [5.41, 5.74) is 1.79. The van der Waals surface area contributed by atoms with Crippen molar-refractivity contribution in [2.75, 3.05) is 11.9 Å². The summed E-state index contributed by atoms with van der Waals surface area (Å²) >= 11 is 3.52. The summed E-state index contributed by atoms with van der Waals surface area (Å²) in [6, 6.07) is 12.5. The van der Waals surface area contributed by atoms with E-state index in [2.05, 4.69) is 21.2 Å². The molecule has 2 aromatic rings. The number of rotatable bonds is 1. The first-order chi connectivity index (χ1) is 8.74. The van der Waals surface area contributed by atoms with Gasteiger partial charge in [0.1, 0.15) is 17.7 Å². The van der Waals surface area contributed by atoms with Gasteiger partial charge in [-0.25, -0.2) is 4.39 Å². The van der Waals surface area contributed by atoms with E-state index in [1.807, 2.05) is 24.3 Å². The molecule has 1 aliphatic heterocycles. The van der Waals surface area contributed by atoms with Gasteiger partial charge in [0.2, 0.25) is 0 Å². The summed E-state index contributed by atoms with van der Waals surface area (Å²) in [7, 11) is 0. The van der Waals surface area contributed by atoms with Crippen molar-refractivity contribution >= 4 is 21.6 Å². The Labute approximate surface area is 113 Å². The zero-order valence-corrected chi connectivity index (χ0v) is 11.1. The molecule has 0 saturated heterocycles. The summed E-state index contributed by atoms with van der Waals surface area (Å²) in [4.78, 5) is 0. The van der Waals surface area contributed by atoms with Crippen LogP contribution in [0.15, 0.2) is 46.9 Å². The average molecular weight is 308 g/mol. The Morgan fingerprint density at radius 3 is 2.89 bits per heavy atom. The summed E-state index contributed by atoms with van der Waals surface area (Å²) in [5, 5.41) is 3.19. The minimum absolute atomic E-state index is 0.0708. The lowest BCUT2D eigenvalue weighted by Gasteiger charge is -2.28. The van der Waals surface area contributed by atoms with Crippen LogP contribution in [0.5, 0.6) is 5.75 Å². The molecule has 0 radical (unpaired) electrons. The minimum Gasteiger partial charge on any atom is -0.482 e. The third-order valence-electron chi connectivity index (χ3n) is 2.94. The maximum absolute atomic E-state index is 13.1. The van der Waals surface area contributed by atoms with Crippen LogP contribution in [0, 0.1) is 5.82 Å². The van der Waals surface area contributed by atoms with Crippen LogP contribution in [0.1, 0.15) is 11.7 Å². The molecule has 0 spiro atoms. The number of hydrogen-bond donors (Lipinski definition) is 1. The Kier molecular flexibility index (Phi) is 2.96. The highest BCUT2D eigenvalue weighted by Gasteiger charge is 2.22. The van der Waals surface area contributed by atoms with Crippen molar-refractivity contribution in [2.24, 2.45) is 0 Å². The van der Waals surface area contributed by atoms with Crippen LogP contribution in [0.4, 0.5) is 10.1 Å². The van der Waals surface area contributed by atoms with Crippen LogP contribution >= 0.6 is 15.9 Å². The third-order valence-corrected chi connectivity index (χ3v) is 3.66. The zero-order valence-electron chi connectivity index (χ0n) is 9.49. The van der Waals surface area contributed by atoms with E-state index in [9.17, 15) is 4.39 Å². The summed E-state index contributed by atoms with van der Waals surface area (Å²) in [5.74, 6) is 0.424. The molecule has 1 N–H and O–H groups in total. The fourth-order valence-corrected chi connectivity index (χ4v) is 2.59. The Balaban J connectivity index is 1.92. The van der Waals surface area contributed by atoms with Crippen molar-refractivity contribution in [1.29, 1.82) is 0 Å². The number of benzene rings is 2. The van der Waals surface area contributed by atoms with E-state index >= 15 is 0 Å². The van der Waals surface area contributed by atoms with Crippen molar-refractivity contribution in [3.8, 4) is 5.75 Å². The second kappa shape index (κ2) is 4.61. The molecule has 18 heavy (non-hydrogen) atoms. The molecular weight excluding hydrogens is 297 g/mol. The van der Waals surface area contributed by atoms with Crippen LogP contribution in [-0.2, 0) is 0 Å². The summed E-state index contributed by atoms with van der Waals surface area (Å²) in [6.07, 6.45) is -0.0708. The third kappa shape index (κ3) is 2.08. The second-order valence-corrected chi connectivity index (χ2v) is 5.00. The number of anilines is 1. The normalized spacial score (nSPS) is 17.6. The Morgan fingerprint density at radius 1 is 1.22 bits per heavy atom. The van der Waals surface area contributed by atoms with Crippen molar-refractivity contribution in [2.45, 2.75) is 6.10 Å². The Hall–Kier alpha value is -1.55. The van der Waals surface area contributed by atoms with Gasteiger partial charge < -0.3 is 10.1 Å². The fourth-order valence-electron chi connectivity index (χ4n) is 2.05. The average Bonchev–Trinajstić information content (AvgIpc) is 2.39. The molecule has 0 amide bonds. The zero-order chi connectivity index (χ0) is 12.5. The number of hydrogen-bond acceptors (Lipinski definition) is 2. The Bertz CT molecular complexity index is 588. The van der Waals surface area contributed by atoms with Gasteiger partial charge in [-0.2, -0.15) is 0 Å². The van der Waals surface area contributed by atoms with E-state index in [1.165, 1.54) is 12.1 Å². The molecule has 0 bridgehead atoms. The van der Waals surface area contributed by atoms with Crippen molar-refractivity contribution < 1.29 is 9.13 Å². The predicted octanol–water partition coefficient (Wildman–Crippen LogP) is 4.13. The molecule has 2 nitrogen and oxygen atoms in total. The largest absolute Gasteiger partial charge is 0.482 e. The van der Waals surface area contributed by atoms with Gasteiger partial charge in [-0.05, 0) is 18.2 Å². The van der Waals surface area contributed by atoms with E-state index in [-0.39, 0.29) is 11.9 Å². The molecule has 0 saturated carbocycles. The van der Waals surface area contributed by atoms with Crippen LogP contribution in [0.3, 0.4) is 0 Å². The SMILES string of the molecule is Fc1ccc2c(c1)NCC(c1ccccc1Br)O2. The monoisotopic (exact) mass is 307 g/mol. The van der Waals surface area contributed by atoms with Gasteiger partial charge in [0.15, 0.2) is 0 Å². The van der Waals surface area contributed by atoms with Crippen LogP contribution < -0.4 is 10.1 Å². The lowest BCUT2D eigenvalue weighted by atomic mass is 10.1. The van der Waals surface area contributed by atoms with Crippen LogP contribution in [0.25, 0.3) is 0 Å². The number of fused-ring (bicyclic) bond motifs is 1. The van der Waals surface area contributed by atoms with Crippen LogP contribution in [-0.4, -0.2) is 6.54 Å². The molecule has 3 rings (SSSR count). The van der Waals surface area contributed by atoms with Crippen molar-refractivity contribution in [3.63, 3.8) is 0 Å². The number of halogens is 2. The van der Waals surface area contributed by atoms with Crippen molar-refractivity contribution in [1.82, 2.24) is 0 Å². The van der Waals surface area contributed by atoms with Gasteiger partial charge in [0.25, 0.3) is 0 Å². The fraction of sp³-hybridized carbons (Fsp3) is 0.143. The van der Waals surface area contributed by atoms with Gasteiger partial charge in [-0.3, -0.25) is 0 Å². The predicted molar refractivity (Wildman–Crippen MR) is 72.4 cm³/mol. The van der Waals surface area contributed by atoms with Gasteiger partial charge in [-0.15, -0.1) is 0 Å². The molecule has 0 fully saturated rings. The van der Waals surface area contributed by atoms with Crippen molar-refractivity contribution in [3.05, 3.63) is 58.3 Å². The van der Waals surface area contributed by atoms with E-state index in [0.717, 1.165) is 10.0 Å². The molecule has 2 aromatic carbocycles. The maximum Gasteiger partial charge on any atom is 0.143 e. The quantitative estimate of drug-likeness (QED) is 0.855. The Morgan fingerprint density at radius 2 is 2.06 bits per heavy atom. The molecule has 1 unspecified atom stereocenters. The van der Waals surface area contributed by atoms with Gasteiger partial charge in [0.05, 0.1) is 12.2 Å². The highest BCUT2D eigenvalue weighted by molar-refractivity contribution is 9.10.